The molecule has 1 aromatic heterocycles. The van der Waals surface area contributed by atoms with Gasteiger partial charge in [0.25, 0.3) is 0 Å². The zero-order valence-electron chi connectivity index (χ0n) is 12.5. The zero-order chi connectivity index (χ0) is 14.9. The second kappa shape index (κ2) is 6.02. The van der Waals surface area contributed by atoms with Crippen molar-refractivity contribution in [2.75, 3.05) is 25.9 Å². The number of pyridine rings is 1. The minimum absolute atomic E-state index is 0.404. The molecule has 1 aromatic rings. The molecule has 0 saturated carbocycles. The van der Waals surface area contributed by atoms with Crippen LogP contribution in [-0.2, 0) is 10.0 Å². The number of likely N-dealkylation sites (tertiary alicyclic amines) is 1. The van der Waals surface area contributed by atoms with Crippen LogP contribution in [0.15, 0.2) is 24.4 Å². The first-order valence-corrected chi connectivity index (χ1v) is 9.52. The summed E-state index contributed by atoms with van der Waals surface area (Å²) in [5.41, 5.74) is 1.15. The van der Waals surface area contributed by atoms with Gasteiger partial charge in [-0.15, -0.1) is 0 Å². The van der Waals surface area contributed by atoms with E-state index >= 15 is 0 Å². The second-order valence-corrected chi connectivity index (χ2v) is 8.03. The van der Waals surface area contributed by atoms with Crippen molar-refractivity contribution < 1.29 is 8.42 Å². The van der Waals surface area contributed by atoms with Crippen LogP contribution in [0.3, 0.4) is 0 Å². The Balaban J connectivity index is 1.67. The summed E-state index contributed by atoms with van der Waals surface area (Å²) in [7, 11) is -3.04. The van der Waals surface area contributed by atoms with Gasteiger partial charge in [0.05, 0.1) is 18.0 Å². The molecule has 2 aliphatic heterocycles. The molecule has 6 heteroatoms. The van der Waals surface area contributed by atoms with Crippen LogP contribution in [-0.4, -0.2) is 54.5 Å². The van der Waals surface area contributed by atoms with Crippen molar-refractivity contribution in [3.63, 3.8) is 0 Å². The van der Waals surface area contributed by atoms with Crippen LogP contribution < -0.4 is 0 Å². The van der Waals surface area contributed by atoms with Gasteiger partial charge in [-0.2, -0.15) is 0 Å². The first-order valence-electron chi connectivity index (χ1n) is 7.67. The Hall–Kier alpha value is -0.980. The van der Waals surface area contributed by atoms with Gasteiger partial charge in [-0.3, -0.25) is 9.88 Å². The number of hydrogen-bond acceptors (Lipinski definition) is 4. The first kappa shape index (κ1) is 14.9. The van der Waals surface area contributed by atoms with Crippen LogP contribution in [0.4, 0.5) is 0 Å². The molecule has 1 atom stereocenters. The molecule has 0 amide bonds. The Bertz CT molecular complexity index is 568. The van der Waals surface area contributed by atoms with E-state index in [0.717, 1.165) is 31.5 Å². The van der Waals surface area contributed by atoms with Gasteiger partial charge in [0.2, 0.25) is 10.0 Å². The van der Waals surface area contributed by atoms with Crippen LogP contribution in [0.25, 0.3) is 0 Å². The van der Waals surface area contributed by atoms with E-state index in [4.69, 9.17) is 0 Å². The molecule has 0 radical (unpaired) electrons. The zero-order valence-corrected chi connectivity index (χ0v) is 13.3. The molecule has 0 aliphatic carbocycles. The second-order valence-electron chi connectivity index (χ2n) is 6.04. The van der Waals surface area contributed by atoms with E-state index in [1.54, 1.807) is 4.31 Å². The van der Waals surface area contributed by atoms with Crippen molar-refractivity contribution >= 4 is 10.0 Å². The van der Waals surface area contributed by atoms with Gasteiger partial charge in [-0.1, -0.05) is 6.07 Å². The number of nitrogens with zero attached hydrogens (tertiary/aromatic N) is 3. The summed E-state index contributed by atoms with van der Waals surface area (Å²) in [5, 5.41) is 0. The maximum Gasteiger partial charge on any atom is 0.211 e. The van der Waals surface area contributed by atoms with Gasteiger partial charge in [-0.05, 0) is 44.4 Å². The van der Waals surface area contributed by atoms with Gasteiger partial charge in [0.15, 0.2) is 0 Å². The highest BCUT2D eigenvalue weighted by Gasteiger charge is 2.35. The van der Waals surface area contributed by atoms with Crippen molar-refractivity contribution in [1.29, 1.82) is 0 Å². The van der Waals surface area contributed by atoms with Crippen LogP contribution in [0, 0.1) is 0 Å². The highest BCUT2D eigenvalue weighted by molar-refractivity contribution is 7.88. The molecule has 0 aromatic carbocycles. The smallest absolute Gasteiger partial charge is 0.211 e. The molecule has 2 fully saturated rings. The third-order valence-corrected chi connectivity index (χ3v) is 5.99. The van der Waals surface area contributed by atoms with Gasteiger partial charge in [0.1, 0.15) is 0 Å². The molecule has 5 nitrogen and oxygen atoms in total. The molecule has 0 bridgehead atoms. The molecule has 116 valence electrons. The van der Waals surface area contributed by atoms with E-state index in [-0.39, 0.29) is 0 Å². The number of piperidine rings is 1. The van der Waals surface area contributed by atoms with E-state index in [1.165, 1.54) is 12.7 Å². The van der Waals surface area contributed by atoms with Gasteiger partial charge < -0.3 is 0 Å². The molecule has 1 unspecified atom stereocenters. The summed E-state index contributed by atoms with van der Waals surface area (Å²) in [6.07, 6.45) is 7.38. The molecule has 0 spiro atoms. The summed E-state index contributed by atoms with van der Waals surface area (Å²) < 4.78 is 24.8. The third-order valence-electron chi connectivity index (χ3n) is 4.68. The predicted octanol–water partition coefficient (Wildman–Crippen LogP) is 1.64. The Morgan fingerprint density at radius 1 is 1.14 bits per heavy atom. The van der Waals surface area contributed by atoms with E-state index in [2.05, 4.69) is 16.0 Å². The highest BCUT2D eigenvalue weighted by Crippen LogP contribution is 2.35. The van der Waals surface area contributed by atoms with Crippen molar-refractivity contribution in [1.82, 2.24) is 14.2 Å². The van der Waals surface area contributed by atoms with E-state index < -0.39 is 10.0 Å². The summed E-state index contributed by atoms with van der Waals surface area (Å²) in [5.74, 6) is 0. The lowest BCUT2D eigenvalue weighted by Crippen LogP contribution is -2.46. The van der Waals surface area contributed by atoms with Gasteiger partial charge in [-0.25, -0.2) is 12.7 Å². The summed E-state index contributed by atoms with van der Waals surface area (Å²) >= 11 is 0. The Kier molecular flexibility index (Phi) is 4.28. The standard InChI is InChI=1S/C15H23N3O2S/c1-21(19,20)17-11-7-13(8-12-17)18-10-4-6-15(18)14-5-2-3-9-16-14/h2-3,5,9,13,15H,4,6-8,10-12H2,1H3. The molecule has 0 N–H and O–H groups in total. The average molecular weight is 309 g/mol. The molecule has 3 heterocycles. The average Bonchev–Trinajstić information content (AvgIpc) is 2.97. The quantitative estimate of drug-likeness (QED) is 0.852. The van der Waals surface area contributed by atoms with Crippen LogP contribution >= 0.6 is 0 Å². The Morgan fingerprint density at radius 2 is 1.90 bits per heavy atom. The Morgan fingerprint density at radius 3 is 2.52 bits per heavy atom. The maximum atomic E-state index is 11.6. The molecule has 3 rings (SSSR count). The van der Waals surface area contributed by atoms with Gasteiger partial charge >= 0.3 is 0 Å². The fraction of sp³-hybridized carbons (Fsp3) is 0.667. The topological polar surface area (TPSA) is 53.5 Å². The monoisotopic (exact) mass is 309 g/mol. The van der Waals surface area contributed by atoms with Crippen molar-refractivity contribution in [2.45, 2.75) is 37.8 Å². The molecular weight excluding hydrogens is 286 g/mol. The summed E-state index contributed by atoms with van der Waals surface area (Å²) in [6, 6.07) is 6.99. The first-order chi connectivity index (χ1) is 10.1. The fourth-order valence-electron chi connectivity index (χ4n) is 3.62. The molecular formula is C15H23N3O2S. The predicted molar refractivity (Wildman–Crippen MR) is 82.4 cm³/mol. The molecule has 21 heavy (non-hydrogen) atoms. The lowest BCUT2D eigenvalue weighted by atomic mass is 10.0. The number of rotatable bonds is 3. The van der Waals surface area contributed by atoms with Crippen LogP contribution in [0.5, 0.6) is 0 Å². The molecule has 2 aliphatic rings. The lowest BCUT2D eigenvalue weighted by molar-refractivity contribution is 0.125. The van der Waals surface area contributed by atoms with Crippen molar-refractivity contribution in [3.8, 4) is 0 Å². The SMILES string of the molecule is CS(=O)(=O)N1CCC(N2CCCC2c2ccccn2)CC1. The van der Waals surface area contributed by atoms with Gasteiger partial charge in [0, 0.05) is 25.3 Å². The minimum atomic E-state index is -3.04. The van der Waals surface area contributed by atoms with Crippen LogP contribution in [0.1, 0.15) is 37.4 Å². The lowest BCUT2D eigenvalue weighted by Gasteiger charge is -2.38. The summed E-state index contributed by atoms with van der Waals surface area (Å²) in [6.45, 7) is 2.40. The molecule has 2 saturated heterocycles. The normalized spacial score (nSPS) is 26.2. The number of sulfonamides is 1. The highest BCUT2D eigenvalue weighted by atomic mass is 32.2. The maximum absolute atomic E-state index is 11.6. The van der Waals surface area contributed by atoms with E-state index in [9.17, 15) is 8.42 Å². The van der Waals surface area contributed by atoms with Crippen molar-refractivity contribution in [2.24, 2.45) is 0 Å². The number of aromatic nitrogens is 1. The Labute approximate surface area is 127 Å². The third kappa shape index (κ3) is 3.27. The fourth-order valence-corrected chi connectivity index (χ4v) is 4.50. The van der Waals surface area contributed by atoms with Crippen molar-refractivity contribution in [3.05, 3.63) is 30.1 Å². The van der Waals surface area contributed by atoms with E-state index in [1.807, 2.05) is 18.3 Å². The largest absolute Gasteiger partial charge is 0.292 e. The minimum Gasteiger partial charge on any atom is -0.292 e. The summed E-state index contributed by atoms with van der Waals surface area (Å²) in [4.78, 5) is 7.06. The number of hydrogen-bond donors (Lipinski definition) is 0. The van der Waals surface area contributed by atoms with Crippen LogP contribution in [0.2, 0.25) is 0 Å². The van der Waals surface area contributed by atoms with E-state index in [0.29, 0.717) is 25.2 Å².